The van der Waals surface area contributed by atoms with Crippen LogP contribution in [0.25, 0.3) is 0 Å². The lowest BCUT2D eigenvalue weighted by Gasteiger charge is -2.10. The van der Waals surface area contributed by atoms with E-state index in [1.54, 1.807) is 31.2 Å². The molecule has 0 aliphatic heterocycles. The number of carbonyl (C=O) groups is 2. The molecule has 0 aliphatic rings. The van der Waals surface area contributed by atoms with Gasteiger partial charge in [0.15, 0.2) is 0 Å². The minimum absolute atomic E-state index is 0.0985. The Morgan fingerprint density at radius 1 is 1.19 bits per heavy atom. The van der Waals surface area contributed by atoms with Crippen molar-refractivity contribution in [3.05, 3.63) is 62.6 Å². The topological polar surface area (TPSA) is 66.4 Å². The van der Waals surface area contributed by atoms with Crippen molar-refractivity contribution >= 4 is 45.1 Å². The highest BCUT2D eigenvalue weighted by molar-refractivity contribution is 9.10. The lowest BCUT2D eigenvalue weighted by Crippen LogP contribution is -2.14. The van der Waals surface area contributed by atoms with Crippen LogP contribution in [0.4, 0.5) is 5.69 Å². The summed E-state index contributed by atoms with van der Waals surface area (Å²) >= 11 is 9.14. The SMILES string of the molecule is Cc1cc(Cl)ccc1C(=O)Nc1cc(C(=O)O)ccc1Br. The Bertz CT molecular complexity index is 731. The number of hydrogen-bond donors (Lipinski definition) is 2. The minimum atomic E-state index is -1.05. The van der Waals surface area contributed by atoms with Gasteiger partial charge in [0, 0.05) is 15.1 Å². The van der Waals surface area contributed by atoms with E-state index in [0.29, 0.717) is 20.7 Å². The van der Waals surface area contributed by atoms with Crippen molar-refractivity contribution in [1.82, 2.24) is 0 Å². The fourth-order valence-corrected chi connectivity index (χ4v) is 2.40. The second kappa shape index (κ2) is 6.28. The van der Waals surface area contributed by atoms with Crippen molar-refractivity contribution in [2.75, 3.05) is 5.32 Å². The van der Waals surface area contributed by atoms with E-state index < -0.39 is 5.97 Å². The van der Waals surface area contributed by atoms with Crippen molar-refractivity contribution in [1.29, 1.82) is 0 Å². The third-order valence-corrected chi connectivity index (χ3v) is 3.82. The Morgan fingerprint density at radius 2 is 1.90 bits per heavy atom. The summed E-state index contributed by atoms with van der Waals surface area (Å²) in [5.74, 6) is -1.38. The molecule has 0 unspecified atom stereocenters. The van der Waals surface area contributed by atoms with E-state index in [-0.39, 0.29) is 11.5 Å². The van der Waals surface area contributed by atoms with Crippen molar-refractivity contribution in [2.45, 2.75) is 6.92 Å². The number of benzene rings is 2. The number of hydrogen-bond acceptors (Lipinski definition) is 2. The van der Waals surface area contributed by atoms with Crippen LogP contribution in [0.15, 0.2) is 40.9 Å². The van der Waals surface area contributed by atoms with Crippen LogP contribution in [-0.2, 0) is 0 Å². The van der Waals surface area contributed by atoms with Gasteiger partial charge < -0.3 is 10.4 Å². The molecular weight excluding hydrogens is 358 g/mol. The molecule has 21 heavy (non-hydrogen) atoms. The first-order chi connectivity index (χ1) is 9.88. The molecule has 0 aliphatic carbocycles. The van der Waals surface area contributed by atoms with Crippen molar-refractivity contribution in [3.63, 3.8) is 0 Å². The molecule has 0 saturated heterocycles. The van der Waals surface area contributed by atoms with Gasteiger partial charge in [0.25, 0.3) is 5.91 Å². The first kappa shape index (κ1) is 15.5. The molecule has 0 radical (unpaired) electrons. The molecule has 0 spiro atoms. The minimum Gasteiger partial charge on any atom is -0.478 e. The largest absolute Gasteiger partial charge is 0.478 e. The van der Waals surface area contributed by atoms with Crippen LogP contribution in [0.1, 0.15) is 26.3 Å². The van der Waals surface area contributed by atoms with Crippen LogP contribution < -0.4 is 5.32 Å². The first-order valence-electron chi connectivity index (χ1n) is 5.99. The van der Waals surface area contributed by atoms with Crippen LogP contribution in [0.3, 0.4) is 0 Å². The molecule has 2 N–H and O–H groups in total. The molecule has 2 aromatic rings. The lowest BCUT2D eigenvalue weighted by molar-refractivity contribution is 0.0696. The normalized spacial score (nSPS) is 10.2. The van der Waals surface area contributed by atoms with Gasteiger partial charge in [-0.05, 0) is 64.8 Å². The molecule has 0 heterocycles. The molecule has 4 nitrogen and oxygen atoms in total. The number of nitrogens with one attached hydrogen (secondary N) is 1. The van der Waals surface area contributed by atoms with Gasteiger partial charge in [-0.25, -0.2) is 4.79 Å². The first-order valence-corrected chi connectivity index (χ1v) is 7.16. The maximum absolute atomic E-state index is 12.3. The highest BCUT2D eigenvalue weighted by Gasteiger charge is 2.13. The van der Waals surface area contributed by atoms with E-state index in [1.165, 1.54) is 12.1 Å². The molecule has 0 aromatic heterocycles. The Balaban J connectivity index is 2.31. The monoisotopic (exact) mass is 367 g/mol. The van der Waals surface area contributed by atoms with Gasteiger partial charge in [-0.1, -0.05) is 11.6 Å². The number of rotatable bonds is 3. The maximum atomic E-state index is 12.3. The number of halogens is 2. The Labute approximate surface area is 134 Å². The molecule has 0 saturated carbocycles. The van der Waals surface area contributed by atoms with Gasteiger partial charge >= 0.3 is 5.97 Å². The van der Waals surface area contributed by atoms with Crippen LogP contribution in [-0.4, -0.2) is 17.0 Å². The molecule has 1 amide bonds. The second-order valence-corrected chi connectivity index (χ2v) is 5.70. The van der Waals surface area contributed by atoms with Crippen LogP contribution in [0.2, 0.25) is 5.02 Å². The van der Waals surface area contributed by atoms with Gasteiger partial charge in [0.1, 0.15) is 0 Å². The van der Waals surface area contributed by atoms with Crippen molar-refractivity contribution < 1.29 is 14.7 Å². The molecule has 108 valence electrons. The Morgan fingerprint density at radius 3 is 2.52 bits per heavy atom. The fourth-order valence-electron chi connectivity index (χ4n) is 1.83. The number of amides is 1. The Kier molecular flexibility index (Phi) is 4.65. The zero-order valence-electron chi connectivity index (χ0n) is 11.0. The number of carbonyl (C=O) groups excluding carboxylic acids is 1. The summed E-state index contributed by atoms with van der Waals surface area (Å²) in [6, 6.07) is 9.38. The summed E-state index contributed by atoms with van der Waals surface area (Å²) < 4.78 is 0.604. The van der Waals surface area contributed by atoms with Crippen molar-refractivity contribution in [3.8, 4) is 0 Å². The molecule has 0 atom stereocenters. The van der Waals surface area contributed by atoms with Crippen LogP contribution in [0.5, 0.6) is 0 Å². The number of aromatic carboxylic acids is 1. The van der Waals surface area contributed by atoms with Crippen LogP contribution in [0, 0.1) is 6.92 Å². The standard InChI is InChI=1S/C15H11BrClNO3/c1-8-6-10(17)3-4-11(8)14(19)18-13-7-9(15(20)21)2-5-12(13)16/h2-7H,1H3,(H,18,19)(H,20,21). The van der Waals surface area contributed by atoms with Gasteiger partial charge in [0.2, 0.25) is 0 Å². The van der Waals surface area contributed by atoms with Gasteiger partial charge in [-0.2, -0.15) is 0 Å². The van der Waals surface area contributed by atoms with E-state index in [1.807, 2.05) is 0 Å². The number of anilines is 1. The molecule has 6 heteroatoms. The number of carboxylic acids is 1. The van der Waals surface area contributed by atoms with Crippen molar-refractivity contribution in [2.24, 2.45) is 0 Å². The predicted molar refractivity (Wildman–Crippen MR) is 85.2 cm³/mol. The van der Waals surface area contributed by atoms with E-state index in [2.05, 4.69) is 21.2 Å². The average Bonchev–Trinajstić information content (AvgIpc) is 2.40. The average molecular weight is 369 g/mol. The highest BCUT2D eigenvalue weighted by Crippen LogP contribution is 2.25. The molecule has 2 aromatic carbocycles. The summed E-state index contributed by atoms with van der Waals surface area (Å²) in [6.45, 7) is 1.78. The highest BCUT2D eigenvalue weighted by atomic mass is 79.9. The molecule has 2 rings (SSSR count). The molecule has 0 bridgehead atoms. The lowest BCUT2D eigenvalue weighted by atomic mass is 10.1. The molecular formula is C15H11BrClNO3. The van der Waals surface area contributed by atoms with E-state index in [0.717, 1.165) is 5.56 Å². The van der Waals surface area contributed by atoms with E-state index in [4.69, 9.17) is 16.7 Å². The van der Waals surface area contributed by atoms with Gasteiger partial charge in [0.05, 0.1) is 11.3 Å². The zero-order chi connectivity index (χ0) is 15.6. The third-order valence-electron chi connectivity index (χ3n) is 2.89. The predicted octanol–water partition coefficient (Wildman–Crippen LogP) is 4.36. The quantitative estimate of drug-likeness (QED) is 0.846. The number of carboxylic acid groups (broad SMARTS) is 1. The summed E-state index contributed by atoms with van der Waals surface area (Å²) in [5.41, 5.74) is 1.72. The maximum Gasteiger partial charge on any atom is 0.335 e. The van der Waals surface area contributed by atoms with E-state index >= 15 is 0 Å². The smallest absolute Gasteiger partial charge is 0.335 e. The molecule has 0 fully saturated rings. The summed E-state index contributed by atoms with van der Waals surface area (Å²) in [7, 11) is 0. The Hall–Kier alpha value is -1.85. The fraction of sp³-hybridized carbons (Fsp3) is 0.0667. The summed E-state index contributed by atoms with van der Waals surface area (Å²) in [5, 5.41) is 12.2. The van der Waals surface area contributed by atoms with Gasteiger partial charge in [-0.3, -0.25) is 4.79 Å². The second-order valence-electron chi connectivity index (χ2n) is 4.41. The number of aryl methyl sites for hydroxylation is 1. The van der Waals surface area contributed by atoms with Gasteiger partial charge in [-0.15, -0.1) is 0 Å². The van der Waals surface area contributed by atoms with Crippen LogP contribution >= 0.6 is 27.5 Å². The third kappa shape index (κ3) is 3.62. The van der Waals surface area contributed by atoms with E-state index in [9.17, 15) is 9.59 Å². The summed E-state index contributed by atoms with van der Waals surface area (Å²) in [6.07, 6.45) is 0. The summed E-state index contributed by atoms with van der Waals surface area (Å²) in [4.78, 5) is 23.2. The zero-order valence-corrected chi connectivity index (χ0v) is 13.3.